The SMILES string of the molecule is C=CCCS(=O)(=O)N(CC(C)C)c1cccc(O)c1. The van der Waals surface area contributed by atoms with Crippen LogP contribution < -0.4 is 4.31 Å². The highest BCUT2D eigenvalue weighted by molar-refractivity contribution is 7.92. The second-order valence-electron chi connectivity index (χ2n) is 4.84. The zero-order valence-corrected chi connectivity index (χ0v) is 12.2. The van der Waals surface area contributed by atoms with E-state index in [1.54, 1.807) is 18.2 Å². The van der Waals surface area contributed by atoms with Crippen molar-refractivity contribution in [1.82, 2.24) is 0 Å². The van der Waals surface area contributed by atoms with Gasteiger partial charge in [0.2, 0.25) is 10.0 Å². The van der Waals surface area contributed by atoms with Crippen molar-refractivity contribution < 1.29 is 13.5 Å². The number of hydrogen-bond donors (Lipinski definition) is 1. The molecule has 1 aromatic carbocycles. The van der Waals surface area contributed by atoms with E-state index in [1.165, 1.54) is 16.4 Å². The summed E-state index contributed by atoms with van der Waals surface area (Å²) in [5.74, 6) is 0.282. The van der Waals surface area contributed by atoms with Crippen molar-refractivity contribution in [3.8, 4) is 5.75 Å². The molecule has 0 radical (unpaired) electrons. The molecule has 106 valence electrons. The van der Waals surface area contributed by atoms with Crippen LogP contribution in [0.25, 0.3) is 0 Å². The quantitative estimate of drug-likeness (QED) is 0.783. The molecule has 0 atom stereocenters. The van der Waals surface area contributed by atoms with Crippen molar-refractivity contribution in [1.29, 1.82) is 0 Å². The second-order valence-corrected chi connectivity index (χ2v) is 6.85. The fourth-order valence-electron chi connectivity index (χ4n) is 1.70. The first kappa shape index (κ1) is 15.6. The summed E-state index contributed by atoms with van der Waals surface area (Å²) in [6.45, 7) is 7.85. The summed E-state index contributed by atoms with van der Waals surface area (Å²) in [4.78, 5) is 0. The van der Waals surface area contributed by atoms with Crippen LogP contribution in [-0.2, 0) is 10.0 Å². The van der Waals surface area contributed by atoms with Crippen LogP contribution in [0.15, 0.2) is 36.9 Å². The molecule has 1 N–H and O–H groups in total. The van der Waals surface area contributed by atoms with Gasteiger partial charge < -0.3 is 5.11 Å². The van der Waals surface area contributed by atoms with E-state index >= 15 is 0 Å². The van der Waals surface area contributed by atoms with Crippen LogP contribution in [0.5, 0.6) is 5.75 Å². The van der Waals surface area contributed by atoms with Gasteiger partial charge in [-0.3, -0.25) is 4.31 Å². The predicted molar refractivity (Wildman–Crippen MR) is 78.9 cm³/mol. The molecule has 19 heavy (non-hydrogen) atoms. The maximum atomic E-state index is 12.3. The molecule has 0 aliphatic rings. The van der Waals surface area contributed by atoms with Crippen LogP contribution in [0.3, 0.4) is 0 Å². The van der Waals surface area contributed by atoms with Gasteiger partial charge in [-0.15, -0.1) is 6.58 Å². The molecule has 0 saturated carbocycles. The minimum absolute atomic E-state index is 0.0267. The predicted octanol–water partition coefficient (Wildman–Crippen LogP) is 2.76. The highest BCUT2D eigenvalue weighted by Crippen LogP contribution is 2.24. The van der Waals surface area contributed by atoms with Gasteiger partial charge in [0, 0.05) is 12.6 Å². The highest BCUT2D eigenvalue weighted by atomic mass is 32.2. The number of anilines is 1. The van der Waals surface area contributed by atoms with Gasteiger partial charge in [0.15, 0.2) is 0 Å². The lowest BCUT2D eigenvalue weighted by molar-refractivity contribution is 0.475. The van der Waals surface area contributed by atoms with E-state index in [0.717, 1.165) is 0 Å². The third-order valence-electron chi connectivity index (χ3n) is 2.56. The summed E-state index contributed by atoms with van der Waals surface area (Å²) in [5.41, 5.74) is 0.498. The summed E-state index contributed by atoms with van der Waals surface area (Å²) in [7, 11) is -3.40. The Morgan fingerprint density at radius 2 is 2.11 bits per heavy atom. The van der Waals surface area contributed by atoms with Crippen LogP contribution in [-0.4, -0.2) is 25.8 Å². The van der Waals surface area contributed by atoms with Gasteiger partial charge in [-0.2, -0.15) is 0 Å². The molecule has 4 nitrogen and oxygen atoms in total. The van der Waals surface area contributed by atoms with Crippen LogP contribution >= 0.6 is 0 Å². The normalized spacial score (nSPS) is 11.5. The molecular formula is C14H21NO3S. The lowest BCUT2D eigenvalue weighted by Gasteiger charge is -2.26. The molecule has 0 bridgehead atoms. The van der Waals surface area contributed by atoms with Gasteiger partial charge in [0.25, 0.3) is 0 Å². The third-order valence-corrected chi connectivity index (χ3v) is 4.35. The number of phenolic OH excluding ortho intramolecular Hbond substituents is 1. The fraction of sp³-hybridized carbons (Fsp3) is 0.429. The number of rotatable bonds is 7. The van der Waals surface area contributed by atoms with Crippen LogP contribution in [0.2, 0.25) is 0 Å². The Morgan fingerprint density at radius 3 is 2.63 bits per heavy atom. The van der Waals surface area contributed by atoms with E-state index < -0.39 is 10.0 Å². The zero-order valence-electron chi connectivity index (χ0n) is 11.4. The van der Waals surface area contributed by atoms with Gasteiger partial charge in [-0.1, -0.05) is 26.0 Å². The van der Waals surface area contributed by atoms with E-state index in [2.05, 4.69) is 6.58 Å². The Bertz CT molecular complexity index is 523. The molecule has 5 heteroatoms. The molecule has 0 fully saturated rings. The Balaban J connectivity index is 3.11. The number of nitrogens with zero attached hydrogens (tertiary/aromatic N) is 1. The maximum absolute atomic E-state index is 12.3. The molecule has 0 spiro atoms. The molecule has 1 aromatic rings. The maximum Gasteiger partial charge on any atom is 0.235 e. The minimum Gasteiger partial charge on any atom is -0.508 e. The van der Waals surface area contributed by atoms with Gasteiger partial charge in [-0.25, -0.2) is 8.42 Å². The summed E-state index contributed by atoms with van der Waals surface area (Å²) >= 11 is 0. The monoisotopic (exact) mass is 283 g/mol. The van der Waals surface area contributed by atoms with Crippen molar-refractivity contribution in [2.75, 3.05) is 16.6 Å². The molecule has 1 rings (SSSR count). The first-order valence-electron chi connectivity index (χ1n) is 6.27. The van der Waals surface area contributed by atoms with Gasteiger partial charge in [0.05, 0.1) is 11.4 Å². The molecule has 0 saturated heterocycles. The van der Waals surface area contributed by atoms with Crippen molar-refractivity contribution in [2.45, 2.75) is 20.3 Å². The van der Waals surface area contributed by atoms with Crippen LogP contribution in [0.4, 0.5) is 5.69 Å². The smallest absolute Gasteiger partial charge is 0.235 e. The van der Waals surface area contributed by atoms with E-state index in [-0.39, 0.29) is 17.4 Å². The van der Waals surface area contributed by atoms with E-state index in [1.807, 2.05) is 13.8 Å². The Hall–Kier alpha value is -1.49. The van der Waals surface area contributed by atoms with E-state index in [0.29, 0.717) is 18.7 Å². The minimum atomic E-state index is -3.40. The van der Waals surface area contributed by atoms with Crippen LogP contribution in [0, 0.1) is 5.92 Å². The molecule has 0 amide bonds. The fourth-order valence-corrected chi connectivity index (χ4v) is 3.35. The van der Waals surface area contributed by atoms with Crippen molar-refractivity contribution >= 4 is 15.7 Å². The first-order chi connectivity index (χ1) is 8.86. The number of sulfonamides is 1. The van der Waals surface area contributed by atoms with Crippen molar-refractivity contribution in [3.05, 3.63) is 36.9 Å². The number of phenols is 1. The van der Waals surface area contributed by atoms with Crippen molar-refractivity contribution in [2.24, 2.45) is 5.92 Å². The topological polar surface area (TPSA) is 57.6 Å². The number of hydrogen-bond acceptors (Lipinski definition) is 3. The van der Waals surface area contributed by atoms with Crippen LogP contribution in [0.1, 0.15) is 20.3 Å². The van der Waals surface area contributed by atoms with Gasteiger partial charge in [-0.05, 0) is 24.5 Å². The molecule has 0 aliphatic heterocycles. The lowest BCUT2D eigenvalue weighted by atomic mass is 10.2. The lowest BCUT2D eigenvalue weighted by Crippen LogP contribution is -2.35. The molecule has 0 aromatic heterocycles. The Kier molecular flexibility index (Phi) is 5.42. The highest BCUT2D eigenvalue weighted by Gasteiger charge is 2.22. The standard InChI is InChI=1S/C14H21NO3S/c1-4-5-9-19(17,18)15(11-12(2)3)13-7-6-8-14(16)10-13/h4,6-8,10,12,16H,1,5,9,11H2,2-3H3. The summed E-state index contributed by atoms with van der Waals surface area (Å²) in [6.07, 6.45) is 2.00. The first-order valence-corrected chi connectivity index (χ1v) is 7.88. The van der Waals surface area contributed by atoms with E-state index in [4.69, 9.17) is 0 Å². The molecule has 0 heterocycles. The summed E-state index contributed by atoms with van der Waals surface area (Å²) < 4.78 is 26.0. The van der Waals surface area contributed by atoms with Crippen molar-refractivity contribution in [3.63, 3.8) is 0 Å². The zero-order chi connectivity index (χ0) is 14.5. The average Bonchev–Trinajstić information content (AvgIpc) is 2.33. The molecular weight excluding hydrogens is 262 g/mol. The Labute approximate surface area is 115 Å². The second kappa shape index (κ2) is 6.61. The number of allylic oxidation sites excluding steroid dienone is 1. The third kappa shape index (κ3) is 4.59. The average molecular weight is 283 g/mol. The number of aromatic hydroxyl groups is 1. The Morgan fingerprint density at radius 1 is 1.42 bits per heavy atom. The summed E-state index contributed by atoms with van der Waals surface area (Å²) in [5, 5.41) is 9.50. The largest absolute Gasteiger partial charge is 0.508 e. The van der Waals surface area contributed by atoms with E-state index in [9.17, 15) is 13.5 Å². The van der Waals surface area contributed by atoms with Gasteiger partial charge >= 0.3 is 0 Å². The summed E-state index contributed by atoms with van der Waals surface area (Å²) in [6, 6.07) is 6.32. The number of benzene rings is 1. The molecule has 0 unspecified atom stereocenters. The van der Waals surface area contributed by atoms with Gasteiger partial charge in [0.1, 0.15) is 5.75 Å². The molecule has 0 aliphatic carbocycles.